The van der Waals surface area contributed by atoms with Crippen LogP contribution in [0, 0.1) is 0 Å². The lowest BCUT2D eigenvalue weighted by Gasteiger charge is -2.43. The fraction of sp³-hybridized carbons (Fsp3) is 0.571. The molecule has 1 saturated carbocycles. The molecule has 0 heterocycles. The summed E-state index contributed by atoms with van der Waals surface area (Å²) in [6.07, 6.45) is 4.72. The number of hydrogen-bond donors (Lipinski definition) is 2. The molecular formula is C14H21NO. The molecule has 0 spiro atoms. The molecule has 16 heavy (non-hydrogen) atoms. The zero-order valence-electron chi connectivity index (χ0n) is 9.95. The van der Waals surface area contributed by atoms with E-state index in [1.165, 1.54) is 24.8 Å². The number of rotatable bonds is 3. The SMILES string of the molecule is CNC1(CO)CCCCC1c1ccccc1. The molecule has 1 fully saturated rings. The topological polar surface area (TPSA) is 32.3 Å². The molecule has 0 bridgehead atoms. The van der Waals surface area contributed by atoms with Crippen molar-refractivity contribution in [3.05, 3.63) is 35.9 Å². The van der Waals surface area contributed by atoms with Gasteiger partial charge in [-0.15, -0.1) is 0 Å². The molecule has 0 radical (unpaired) electrons. The number of aliphatic hydroxyl groups excluding tert-OH is 1. The van der Waals surface area contributed by atoms with Crippen LogP contribution in [0.15, 0.2) is 30.3 Å². The largest absolute Gasteiger partial charge is 0.394 e. The van der Waals surface area contributed by atoms with Crippen molar-refractivity contribution in [2.45, 2.75) is 37.1 Å². The van der Waals surface area contributed by atoms with E-state index in [1.54, 1.807) is 0 Å². The van der Waals surface area contributed by atoms with Gasteiger partial charge >= 0.3 is 0 Å². The van der Waals surface area contributed by atoms with E-state index in [0.717, 1.165) is 6.42 Å². The second kappa shape index (κ2) is 4.98. The first-order valence-electron chi connectivity index (χ1n) is 6.17. The first-order chi connectivity index (χ1) is 7.82. The lowest BCUT2D eigenvalue weighted by Crippen LogP contribution is -2.53. The van der Waals surface area contributed by atoms with E-state index in [9.17, 15) is 5.11 Å². The molecule has 2 heteroatoms. The van der Waals surface area contributed by atoms with Crippen LogP contribution in [0.3, 0.4) is 0 Å². The Hall–Kier alpha value is -0.860. The zero-order chi connectivity index (χ0) is 11.4. The average molecular weight is 219 g/mol. The van der Waals surface area contributed by atoms with Gasteiger partial charge in [0.05, 0.1) is 6.61 Å². The van der Waals surface area contributed by atoms with E-state index >= 15 is 0 Å². The van der Waals surface area contributed by atoms with Crippen LogP contribution in [-0.2, 0) is 0 Å². The Labute approximate surface area is 97.7 Å². The summed E-state index contributed by atoms with van der Waals surface area (Å²) in [7, 11) is 1.97. The number of likely N-dealkylation sites (N-methyl/N-ethyl adjacent to an activating group) is 1. The van der Waals surface area contributed by atoms with Gasteiger partial charge in [-0.25, -0.2) is 0 Å². The van der Waals surface area contributed by atoms with Gasteiger partial charge in [0.2, 0.25) is 0 Å². The van der Waals surface area contributed by atoms with Crippen molar-refractivity contribution in [3.63, 3.8) is 0 Å². The molecule has 0 amide bonds. The van der Waals surface area contributed by atoms with E-state index in [4.69, 9.17) is 0 Å². The third-order valence-corrected chi connectivity index (χ3v) is 4.01. The highest BCUT2D eigenvalue weighted by atomic mass is 16.3. The van der Waals surface area contributed by atoms with E-state index in [0.29, 0.717) is 5.92 Å². The monoisotopic (exact) mass is 219 g/mol. The summed E-state index contributed by atoms with van der Waals surface area (Å²) in [5.41, 5.74) is 1.24. The molecule has 0 aliphatic heterocycles. The average Bonchev–Trinajstić information content (AvgIpc) is 2.39. The molecule has 2 unspecified atom stereocenters. The van der Waals surface area contributed by atoms with Gasteiger partial charge in [0.25, 0.3) is 0 Å². The number of benzene rings is 1. The number of hydrogen-bond acceptors (Lipinski definition) is 2. The molecule has 2 atom stereocenters. The number of aliphatic hydroxyl groups is 1. The molecular weight excluding hydrogens is 198 g/mol. The highest BCUT2D eigenvalue weighted by Crippen LogP contribution is 2.40. The Balaban J connectivity index is 2.29. The minimum absolute atomic E-state index is 0.112. The van der Waals surface area contributed by atoms with Crippen molar-refractivity contribution in [1.82, 2.24) is 5.32 Å². The van der Waals surface area contributed by atoms with Gasteiger partial charge in [-0.05, 0) is 25.5 Å². The molecule has 88 valence electrons. The first-order valence-corrected chi connectivity index (χ1v) is 6.17. The van der Waals surface area contributed by atoms with E-state index in [-0.39, 0.29) is 12.1 Å². The molecule has 1 aliphatic rings. The van der Waals surface area contributed by atoms with Gasteiger partial charge in [0.15, 0.2) is 0 Å². The van der Waals surface area contributed by atoms with Crippen LogP contribution in [0.25, 0.3) is 0 Å². The van der Waals surface area contributed by atoms with Gasteiger partial charge in [0.1, 0.15) is 0 Å². The van der Waals surface area contributed by atoms with Gasteiger partial charge in [-0.3, -0.25) is 0 Å². The Morgan fingerprint density at radius 3 is 2.69 bits per heavy atom. The van der Waals surface area contributed by atoms with Gasteiger partial charge in [-0.2, -0.15) is 0 Å². The highest BCUT2D eigenvalue weighted by molar-refractivity contribution is 5.25. The van der Waals surface area contributed by atoms with Crippen LogP contribution >= 0.6 is 0 Å². The summed E-state index contributed by atoms with van der Waals surface area (Å²) >= 11 is 0. The van der Waals surface area contributed by atoms with E-state index < -0.39 is 0 Å². The molecule has 1 aromatic rings. The fourth-order valence-electron chi connectivity index (χ4n) is 2.98. The smallest absolute Gasteiger partial charge is 0.0619 e. The van der Waals surface area contributed by atoms with Crippen molar-refractivity contribution >= 4 is 0 Å². The molecule has 1 aromatic carbocycles. The normalized spacial score (nSPS) is 30.2. The maximum atomic E-state index is 9.71. The van der Waals surface area contributed by atoms with Crippen LogP contribution < -0.4 is 5.32 Å². The standard InChI is InChI=1S/C14H21NO/c1-15-14(11-16)10-6-5-9-13(14)12-7-3-2-4-8-12/h2-4,7-8,13,15-16H,5-6,9-11H2,1H3. The van der Waals surface area contributed by atoms with Crippen LogP contribution in [0.1, 0.15) is 37.2 Å². The molecule has 2 rings (SSSR count). The predicted molar refractivity (Wildman–Crippen MR) is 66.5 cm³/mol. The molecule has 2 nitrogen and oxygen atoms in total. The van der Waals surface area contributed by atoms with Gasteiger partial charge in [0, 0.05) is 11.5 Å². The molecule has 0 aromatic heterocycles. The predicted octanol–water partition coefficient (Wildman–Crippen LogP) is 2.29. The Bertz CT molecular complexity index is 319. The van der Waals surface area contributed by atoms with Gasteiger partial charge < -0.3 is 10.4 Å². The van der Waals surface area contributed by atoms with Crippen molar-refractivity contribution in [3.8, 4) is 0 Å². The minimum atomic E-state index is -0.112. The second-order valence-corrected chi connectivity index (χ2v) is 4.77. The summed E-state index contributed by atoms with van der Waals surface area (Å²) in [5.74, 6) is 0.442. The minimum Gasteiger partial charge on any atom is -0.394 e. The summed E-state index contributed by atoms with van der Waals surface area (Å²) < 4.78 is 0. The molecule has 2 N–H and O–H groups in total. The summed E-state index contributed by atoms with van der Waals surface area (Å²) in [6, 6.07) is 10.6. The van der Waals surface area contributed by atoms with Crippen molar-refractivity contribution in [2.75, 3.05) is 13.7 Å². The van der Waals surface area contributed by atoms with Crippen molar-refractivity contribution < 1.29 is 5.11 Å². The Morgan fingerprint density at radius 2 is 2.06 bits per heavy atom. The highest BCUT2D eigenvalue weighted by Gasteiger charge is 2.39. The quantitative estimate of drug-likeness (QED) is 0.817. The lowest BCUT2D eigenvalue weighted by atomic mass is 9.70. The van der Waals surface area contributed by atoms with E-state index in [1.807, 2.05) is 13.1 Å². The molecule has 1 aliphatic carbocycles. The third kappa shape index (κ3) is 2.00. The summed E-state index contributed by atoms with van der Waals surface area (Å²) in [6.45, 7) is 0.225. The second-order valence-electron chi connectivity index (χ2n) is 4.77. The van der Waals surface area contributed by atoms with Crippen molar-refractivity contribution in [1.29, 1.82) is 0 Å². The fourth-order valence-corrected chi connectivity index (χ4v) is 2.98. The van der Waals surface area contributed by atoms with Crippen molar-refractivity contribution in [2.24, 2.45) is 0 Å². The third-order valence-electron chi connectivity index (χ3n) is 4.01. The Kier molecular flexibility index (Phi) is 3.62. The van der Waals surface area contributed by atoms with Crippen LogP contribution in [0.5, 0.6) is 0 Å². The maximum absolute atomic E-state index is 9.71. The lowest BCUT2D eigenvalue weighted by molar-refractivity contribution is 0.107. The zero-order valence-corrected chi connectivity index (χ0v) is 9.95. The van der Waals surface area contributed by atoms with Crippen LogP contribution in [-0.4, -0.2) is 24.3 Å². The Morgan fingerprint density at radius 1 is 1.31 bits per heavy atom. The van der Waals surface area contributed by atoms with E-state index in [2.05, 4.69) is 29.6 Å². The maximum Gasteiger partial charge on any atom is 0.0619 e. The number of nitrogens with one attached hydrogen (secondary N) is 1. The molecule has 0 saturated heterocycles. The van der Waals surface area contributed by atoms with Crippen LogP contribution in [0.4, 0.5) is 0 Å². The first kappa shape index (κ1) is 11.6. The van der Waals surface area contributed by atoms with Crippen LogP contribution in [0.2, 0.25) is 0 Å². The summed E-state index contributed by atoms with van der Waals surface area (Å²) in [4.78, 5) is 0. The summed E-state index contributed by atoms with van der Waals surface area (Å²) in [5, 5.41) is 13.1. The van der Waals surface area contributed by atoms with Gasteiger partial charge in [-0.1, -0.05) is 43.2 Å².